The van der Waals surface area contributed by atoms with Crippen molar-refractivity contribution < 1.29 is 82.4 Å². The topological polar surface area (TPSA) is 720 Å². The number of hydrogen-bond acceptors (Lipinski definition) is 26. The summed E-state index contributed by atoms with van der Waals surface area (Å²) in [6, 6.07) is -19.4. The Bertz CT molecular complexity index is 4140. The third kappa shape index (κ3) is 34.8. The fraction of sp³-hybridized carbons (Fsp3) is 0.543. The molecule has 652 valence electrons. The van der Waals surface area contributed by atoms with Crippen LogP contribution in [0.15, 0.2) is 75.1 Å². The average Bonchev–Trinajstić information content (AvgIpc) is 1.80. The van der Waals surface area contributed by atoms with Crippen LogP contribution < -0.4 is 86.7 Å². The Morgan fingerprint density at radius 2 is 0.622 bits per heavy atom. The first-order valence-corrected chi connectivity index (χ1v) is 46.4. The van der Waals surface area contributed by atoms with Crippen LogP contribution in [0.3, 0.4) is 0 Å². The first-order chi connectivity index (χ1) is 57.1. The van der Waals surface area contributed by atoms with E-state index in [0.717, 1.165) is 0 Å². The normalized spacial score (nSPS) is 14.6. The fourth-order valence-electron chi connectivity index (χ4n) is 11.4. The molecule has 49 heteroatoms. The zero-order valence-electron chi connectivity index (χ0n) is 65.5. The number of rotatable bonds is 58. The van der Waals surface area contributed by atoms with Gasteiger partial charge in [-0.1, -0.05) is 0 Å². The number of imidazole rings is 6. The number of carbonyl (C=O) groups excluding carboxylic acids is 12. The van der Waals surface area contributed by atoms with Crippen LogP contribution in [0.4, 0.5) is 0 Å². The molecule has 6 rings (SSSR count). The fourth-order valence-corrected chi connectivity index (χ4v) is 17.0. The van der Waals surface area contributed by atoms with E-state index in [2.05, 4.69) is 124 Å². The van der Waals surface area contributed by atoms with E-state index < -0.39 is 202 Å². The second-order valence-corrected chi connectivity index (χ2v) is 35.6. The summed E-state index contributed by atoms with van der Waals surface area (Å²) in [6.07, 6.45) is 15.1. The summed E-state index contributed by atoms with van der Waals surface area (Å²) in [5, 5.41) is 63.2. The third-order valence-electron chi connectivity index (χ3n) is 17.5. The van der Waals surface area contributed by atoms with E-state index in [4.69, 9.17) is 22.9 Å². The van der Waals surface area contributed by atoms with Crippen LogP contribution >= 0.6 is 11.8 Å². The predicted octanol–water partition coefficient (Wildman–Crippen LogP) is -7.83. The van der Waals surface area contributed by atoms with Gasteiger partial charge in [0.1, 0.15) is 30.2 Å². The summed E-state index contributed by atoms with van der Waals surface area (Å²) < 4.78 is 0. The van der Waals surface area contributed by atoms with Gasteiger partial charge in [0.2, 0.25) is 23.6 Å². The van der Waals surface area contributed by atoms with E-state index in [1.807, 2.05) is 6.26 Å². The summed E-state index contributed by atoms with van der Waals surface area (Å²) in [5.74, 6) is -13.8. The van der Waals surface area contributed by atoms with Crippen molar-refractivity contribution >= 4 is 139 Å². The zero-order chi connectivity index (χ0) is 86.8. The van der Waals surface area contributed by atoms with Gasteiger partial charge in [0.25, 0.3) is 0 Å². The number of nitrogens with two attached hydrogens (primary N) is 4. The van der Waals surface area contributed by atoms with Crippen LogP contribution in [0.2, 0.25) is 31.9 Å². The van der Waals surface area contributed by atoms with Crippen molar-refractivity contribution in [1.82, 2.24) is 124 Å². The molecule has 0 radical (unpaired) electrons. The molecule has 12 amide bonds. The number of aromatic nitrogens is 12. The summed E-state index contributed by atoms with van der Waals surface area (Å²) in [7, 11) is 0. The van der Waals surface area contributed by atoms with Crippen LogP contribution in [0, 0.1) is 5.92 Å². The second kappa shape index (κ2) is 52.5. The first-order valence-electron chi connectivity index (χ1n) is 37.8. The smallest absolute Gasteiger partial charge is 0.480 e. The van der Waals surface area contributed by atoms with Crippen LogP contribution in [-0.4, -0.2) is 320 Å². The number of hydrogen-bond donors (Lipinski definition) is 25. The van der Waals surface area contributed by atoms with Crippen LogP contribution in [0.5, 0.6) is 0 Å². The molecular formula is C70H106N28O17SSe3. The molecule has 6 aromatic rings. The second-order valence-electron chi connectivity index (χ2n) is 27.4. The molecule has 0 aromatic carbocycles. The van der Waals surface area contributed by atoms with Gasteiger partial charge in [-0.05, 0) is 0 Å². The van der Waals surface area contributed by atoms with Gasteiger partial charge in [-0.3, -0.25) is 24.0 Å². The Balaban J connectivity index is 1.24. The quantitative estimate of drug-likeness (QED) is 0.0125. The number of aliphatic carboxylic acids is 2. The van der Waals surface area contributed by atoms with Crippen molar-refractivity contribution in [2.75, 3.05) is 38.2 Å². The number of aliphatic hydroxyl groups excluding tert-OH is 1. The van der Waals surface area contributed by atoms with Crippen LogP contribution in [-0.2, 0) is 106 Å². The Kier molecular flexibility index (Phi) is 42.9. The van der Waals surface area contributed by atoms with Gasteiger partial charge in [0.05, 0.1) is 72.1 Å². The molecule has 0 unspecified atom stereocenters. The number of H-pyrrole nitrogens is 6. The van der Waals surface area contributed by atoms with Crippen molar-refractivity contribution in [2.45, 2.75) is 189 Å². The Labute approximate surface area is 706 Å². The molecule has 0 spiro atoms. The Hall–Kier alpha value is -10.5. The Morgan fingerprint density at radius 3 is 0.891 bits per heavy atom. The molecule has 119 heavy (non-hydrogen) atoms. The van der Waals surface area contributed by atoms with Crippen molar-refractivity contribution in [3.63, 3.8) is 0 Å². The van der Waals surface area contributed by atoms with Crippen molar-refractivity contribution in [2.24, 2.45) is 28.9 Å². The molecule has 29 N–H and O–H groups in total. The van der Waals surface area contributed by atoms with Gasteiger partial charge in [-0.2, -0.15) is 0 Å². The average molecular weight is 1880 g/mol. The minimum Gasteiger partial charge on any atom is -0.480 e. The number of amides is 12. The van der Waals surface area contributed by atoms with Crippen molar-refractivity contribution in [1.29, 1.82) is 0 Å². The van der Waals surface area contributed by atoms with Gasteiger partial charge >= 0.3 is 395 Å². The molecule has 0 aliphatic heterocycles. The third-order valence-corrected chi connectivity index (χ3v) is 25.1. The van der Waals surface area contributed by atoms with Gasteiger partial charge in [0.15, 0.2) is 0 Å². The molecule has 6 aromatic heterocycles. The SMILES string of the molecule is CSCC[C@H](N)C(=O)N[C@@H](CO)C(=O)N[C@@H](C[Se]CCN)C(=O)N[C@@H](C[Se]CCN)C(=O)N[C@@H](C[Se]CCN)C(=O)N[C@@H](CC(C)C)C(=O)N[C@@H](CCC(=O)O)C(=O)N[C@@H](Cc1c[nH]cn1)C(=O)N[C@@H](Cc1c[nH]cn1)C(=O)N[C@@H](Cc1c[nH]cn1)C(=O)N[C@@H](Cc1c[nH]cn1)C(=O)N[C@@H](Cc1c[nH]cn1)C(=O)N[C@@H](Cc1c[nH]cn1)C(=O)O. The van der Waals surface area contributed by atoms with E-state index in [1.54, 1.807) is 13.8 Å². The molecule has 0 saturated carbocycles. The minimum absolute atomic E-state index is 0.0129. The predicted molar refractivity (Wildman–Crippen MR) is 432 cm³/mol. The molecular weight excluding hydrogens is 1770 g/mol. The minimum atomic E-state index is -1.76. The maximum absolute atomic E-state index is 15.1. The number of carboxylic acids is 2. The van der Waals surface area contributed by atoms with E-state index in [0.29, 0.717) is 27.4 Å². The first kappa shape index (κ1) is 97.4. The number of carboxylic acid groups (broad SMARTS) is 2. The van der Waals surface area contributed by atoms with Gasteiger partial charge < -0.3 is 61.6 Å². The number of thioether (sulfide) groups is 1. The standard InChI is InChI=1S/C70H106N28O17SSe3/c1-37(2)14-46(88-67(111)54(28-117-11-7-71)97-69(113)56(30-119-13-9-73)98-68(112)55(29-118-12-8-72)96-66(110)53(27-99)95-58(102)44(74)6-10-116-3)60(104)87-45(4-5-57(100)101)59(103)89-47(15-38-21-75-31-81-38)61(105)90-48(16-39-22-76-32-82-39)62(106)91-49(17-40-23-77-33-83-40)63(107)92-50(18-41-24-78-34-84-41)64(108)93-51(19-42-25-79-35-85-42)65(109)94-52(70(114)115)20-43-26-80-36-86-43/h21-26,31-37,44-56,99H,4-20,27-30,71-74H2,1-3H3,(H,75,81)(H,76,82)(H,77,83)(H,78,84)(H,79,85)(H,80,86)(H,87,104)(H,88,111)(H,89,103)(H,90,105)(H,91,106)(H,92,107)(H,93,108)(H,94,109)(H,95,102)(H,96,110)(H,97,113)(H,98,112)(H,100,101)(H,114,115)/t44-,45-,46-,47-,48-,49-,50-,51-,52-,53-,54-,55-,56-/m0/s1. The zero-order valence-corrected chi connectivity index (χ0v) is 71.5. The van der Waals surface area contributed by atoms with E-state index in [-0.39, 0.29) is 145 Å². The van der Waals surface area contributed by atoms with Gasteiger partial charge in [-0.25, -0.2) is 34.7 Å². The Morgan fingerprint density at radius 1 is 0.370 bits per heavy atom. The van der Waals surface area contributed by atoms with Gasteiger partial charge in [-0.15, -0.1) is 0 Å². The molecule has 13 atom stereocenters. The van der Waals surface area contributed by atoms with Crippen molar-refractivity contribution in [3.05, 3.63) is 109 Å². The summed E-state index contributed by atoms with van der Waals surface area (Å²) >= 11 is 0.357. The van der Waals surface area contributed by atoms with E-state index in [1.165, 1.54) is 86.9 Å². The summed E-state index contributed by atoms with van der Waals surface area (Å²) in [6.45, 7) is 3.32. The van der Waals surface area contributed by atoms with Crippen LogP contribution in [0.1, 0.15) is 73.7 Å². The summed E-state index contributed by atoms with van der Waals surface area (Å²) in [5.41, 5.74) is 25.0. The molecule has 6 heterocycles. The molecule has 0 aliphatic carbocycles. The van der Waals surface area contributed by atoms with Crippen LogP contribution in [0.25, 0.3) is 0 Å². The molecule has 0 fully saturated rings. The molecule has 0 saturated heterocycles. The number of nitrogens with zero attached hydrogens (tertiary/aromatic N) is 6. The number of aromatic amines is 6. The number of carbonyl (C=O) groups is 14. The summed E-state index contributed by atoms with van der Waals surface area (Å²) in [4.78, 5) is 240. The number of nitrogens with one attached hydrogen (secondary N) is 18. The monoisotopic (exact) mass is 1880 g/mol. The van der Waals surface area contributed by atoms with Crippen molar-refractivity contribution in [3.8, 4) is 0 Å². The molecule has 0 bridgehead atoms. The molecule has 0 aliphatic rings. The molecule has 45 nitrogen and oxygen atoms in total. The van der Waals surface area contributed by atoms with E-state index in [9.17, 15) is 72.9 Å². The van der Waals surface area contributed by atoms with Gasteiger partial charge in [0, 0.05) is 69.3 Å². The maximum atomic E-state index is 15.1. The van der Waals surface area contributed by atoms with E-state index >= 15 is 9.59 Å². The number of aliphatic hydroxyl groups is 1.